The van der Waals surface area contributed by atoms with Crippen LogP contribution in [0.2, 0.25) is 0 Å². The van der Waals surface area contributed by atoms with E-state index in [1.54, 1.807) is 20.8 Å². The first-order chi connectivity index (χ1) is 14.0. The van der Waals surface area contributed by atoms with Gasteiger partial charge in [0, 0.05) is 5.56 Å². The van der Waals surface area contributed by atoms with Gasteiger partial charge in [-0.3, -0.25) is 0 Å². The maximum Gasteiger partial charge on any atom is 0.187 e. The molecule has 0 fully saturated rings. The number of halogens is 1. The largest absolute Gasteiger partial charge is 0.492 e. The number of aliphatic hydroxyl groups is 1. The van der Waals surface area contributed by atoms with Crippen LogP contribution >= 0.6 is 0 Å². The summed E-state index contributed by atoms with van der Waals surface area (Å²) in [4.78, 5) is -0.0420. The van der Waals surface area contributed by atoms with Gasteiger partial charge in [-0.05, 0) is 44.5 Å². The van der Waals surface area contributed by atoms with Crippen molar-refractivity contribution in [3.8, 4) is 22.6 Å². The van der Waals surface area contributed by atoms with Gasteiger partial charge in [-0.2, -0.15) is 5.10 Å². The molecule has 0 aliphatic heterocycles. The van der Waals surface area contributed by atoms with Gasteiger partial charge in [0.05, 0.1) is 42.1 Å². The molecule has 0 saturated carbocycles. The predicted molar refractivity (Wildman–Crippen MR) is 111 cm³/mol. The molecule has 1 aromatic carbocycles. The number of aromatic nitrogens is 2. The summed E-state index contributed by atoms with van der Waals surface area (Å²) < 4.78 is 51.5. The van der Waals surface area contributed by atoms with Gasteiger partial charge in [-0.15, -0.1) is 0 Å². The number of aliphatic hydroxyl groups excluding tert-OH is 1. The zero-order chi connectivity index (χ0) is 22.3. The van der Waals surface area contributed by atoms with Crippen LogP contribution in [0.1, 0.15) is 20.8 Å². The molecule has 0 saturated heterocycles. The van der Waals surface area contributed by atoms with E-state index >= 15 is 0 Å². The molecule has 2 heterocycles. The van der Waals surface area contributed by atoms with E-state index in [-0.39, 0.29) is 35.3 Å². The van der Waals surface area contributed by atoms with Crippen molar-refractivity contribution in [2.45, 2.75) is 30.4 Å². The van der Waals surface area contributed by atoms with Crippen LogP contribution in [-0.2, 0) is 9.84 Å². The second kappa shape index (κ2) is 7.77. The van der Waals surface area contributed by atoms with Crippen LogP contribution in [0, 0.1) is 5.82 Å². The van der Waals surface area contributed by atoms with E-state index in [9.17, 15) is 12.8 Å². The first-order valence-electron chi connectivity index (χ1n) is 9.14. The van der Waals surface area contributed by atoms with Crippen LogP contribution in [0.15, 0.2) is 35.5 Å². The number of sulfone groups is 1. The molecule has 30 heavy (non-hydrogen) atoms. The fourth-order valence-corrected chi connectivity index (χ4v) is 4.30. The van der Waals surface area contributed by atoms with Crippen LogP contribution in [0.3, 0.4) is 0 Å². The number of benzene rings is 1. The molecule has 0 bridgehead atoms. The first-order valence-corrected chi connectivity index (χ1v) is 10.6. The number of anilines is 1. The van der Waals surface area contributed by atoms with Crippen molar-refractivity contribution in [1.29, 1.82) is 0 Å². The van der Waals surface area contributed by atoms with Crippen molar-refractivity contribution in [2.75, 3.05) is 26.1 Å². The number of ether oxygens (including phenoxy) is 2. The lowest BCUT2D eigenvalue weighted by Crippen LogP contribution is -2.28. The summed E-state index contributed by atoms with van der Waals surface area (Å²) in [5.41, 5.74) is 7.33. The molecule has 0 unspecified atom stereocenters. The van der Waals surface area contributed by atoms with Gasteiger partial charge in [-0.25, -0.2) is 17.3 Å². The number of pyridine rings is 1. The Morgan fingerprint density at radius 2 is 1.97 bits per heavy atom. The quantitative estimate of drug-likeness (QED) is 0.570. The van der Waals surface area contributed by atoms with Gasteiger partial charge in [0.15, 0.2) is 27.2 Å². The lowest BCUT2D eigenvalue weighted by Gasteiger charge is -2.21. The Labute approximate surface area is 174 Å². The van der Waals surface area contributed by atoms with E-state index < -0.39 is 20.4 Å². The Morgan fingerprint density at radius 3 is 2.53 bits per heavy atom. The van der Waals surface area contributed by atoms with Crippen molar-refractivity contribution < 1.29 is 27.4 Å². The highest BCUT2D eigenvalue weighted by atomic mass is 32.2. The minimum absolute atomic E-state index is 0.0420. The fraction of sp³-hybridized carbons (Fsp3) is 0.350. The molecule has 0 spiro atoms. The topological polar surface area (TPSA) is 116 Å². The summed E-state index contributed by atoms with van der Waals surface area (Å²) in [6.45, 7) is 4.39. The predicted octanol–water partition coefficient (Wildman–Crippen LogP) is 2.67. The van der Waals surface area contributed by atoms with E-state index in [2.05, 4.69) is 5.10 Å². The van der Waals surface area contributed by atoms with Gasteiger partial charge in [0.1, 0.15) is 11.5 Å². The summed E-state index contributed by atoms with van der Waals surface area (Å²) in [6, 6.07) is 4.22. The van der Waals surface area contributed by atoms with Gasteiger partial charge >= 0.3 is 0 Å². The summed E-state index contributed by atoms with van der Waals surface area (Å²) in [7, 11) is -2.48. The maximum atomic E-state index is 14.4. The number of nitrogen functional groups attached to an aromatic ring is 1. The van der Waals surface area contributed by atoms with E-state index in [1.165, 1.54) is 42.2 Å². The van der Waals surface area contributed by atoms with E-state index in [0.29, 0.717) is 16.6 Å². The molecule has 3 rings (SSSR count). The number of hydrogen-bond acceptors (Lipinski definition) is 7. The van der Waals surface area contributed by atoms with Crippen LogP contribution in [0.5, 0.6) is 11.5 Å². The highest BCUT2D eigenvalue weighted by Gasteiger charge is 2.34. The smallest absolute Gasteiger partial charge is 0.187 e. The molecule has 8 nitrogen and oxygen atoms in total. The lowest BCUT2D eigenvalue weighted by atomic mass is 10.1. The number of nitrogens with zero attached hydrogens (tertiary/aromatic N) is 2. The third-order valence-electron chi connectivity index (χ3n) is 4.62. The van der Waals surface area contributed by atoms with Crippen molar-refractivity contribution in [2.24, 2.45) is 0 Å². The highest BCUT2D eigenvalue weighted by Crippen LogP contribution is 2.37. The monoisotopic (exact) mass is 437 g/mol. The summed E-state index contributed by atoms with van der Waals surface area (Å²) in [6.07, 6.45) is 2.91. The normalized spacial score (nSPS) is 12.3. The molecule has 162 valence electrons. The summed E-state index contributed by atoms with van der Waals surface area (Å²) in [5, 5.41) is 13.3. The number of methoxy groups -OCH3 is 1. The maximum absolute atomic E-state index is 14.4. The standard InChI is InChI=1S/C20H24FN3O5S/c1-20(2,3)30(26,27)18-9-16-13(10-23-24(16)11-17(18)29-6-5-25)12-7-14(21)19(28-4)15(22)8-12/h7-11,25H,5-6,22H2,1-4H3. The minimum atomic E-state index is -3.80. The Kier molecular flexibility index (Phi) is 5.66. The highest BCUT2D eigenvalue weighted by molar-refractivity contribution is 7.92. The van der Waals surface area contributed by atoms with Crippen molar-refractivity contribution in [3.63, 3.8) is 0 Å². The van der Waals surface area contributed by atoms with E-state index in [4.69, 9.17) is 20.3 Å². The number of nitrogens with two attached hydrogens (primary N) is 1. The van der Waals surface area contributed by atoms with Crippen LogP contribution in [0.25, 0.3) is 16.6 Å². The Bertz CT molecular complexity index is 1180. The van der Waals surface area contributed by atoms with Crippen molar-refractivity contribution >= 4 is 21.0 Å². The Morgan fingerprint density at radius 1 is 1.27 bits per heavy atom. The molecule has 0 aliphatic carbocycles. The zero-order valence-electron chi connectivity index (χ0n) is 17.1. The number of hydrogen-bond donors (Lipinski definition) is 2. The average Bonchev–Trinajstić information content (AvgIpc) is 3.07. The second-order valence-corrected chi connectivity index (χ2v) is 10.3. The molecule has 10 heteroatoms. The SMILES string of the molecule is COc1c(N)cc(-c2cnn3cc(OCCO)c(S(=O)(=O)C(C)(C)C)cc23)cc1F. The molecule has 0 atom stereocenters. The number of fused-ring (bicyclic) bond motifs is 1. The van der Waals surface area contributed by atoms with E-state index in [0.717, 1.165) is 0 Å². The third kappa shape index (κ3) is 3.68. The molecule has 3 N–H and O–H groups in total. The van der Waals surface area contributed by atoms with Gasteiger partial charge < -0.3 is 20.3 Å². The molecule has 0 radical (unpaired) electrons. The van der Waals surface area contributed by atoms with Gasteiger partial charge in [-0.1, -0.05) is 0 Å². The number of rotatable bonds is 6. The molecule has 0 aliphatic rings. The fourth-order valence-electron chi connectivity index (χ4n) is 3.00. The minimum Gasteiger partial charge on any atom is -0.492 e. The van der Waals surface area contributed by atoms with Gasteiger partial charge in [0.25, 0.3) is 0 Å². The van der Waals surface area contributed by atoms with Crippen LogP contribution < -0.4 is 15.2 Å². The van der Waals surface area contributed by atoms with Crippen LogP contribution in [-0.4, -0.2) is 48.2 Å². The molecule has 0 amide bonds. The Balaban J connectivity index is 2.27. The van der Waals surface area contributed by atoms with Crippen molar-refractivity contribution in [1.82, 2.24) is 9.61 Å². The molecular weight excluding hydrogens is 413 g/mol. The molecular formula is C20H24FN3O5S. The summed E-state index contributed by atoms with van der Waals surface area (Å²) in [5.74, 6) is -0.634. The average molecular weight is 437 g/mol. The van der Waals surface area contributed by atoms with Crippen LogP contribution in [0.4, 0.5) is 10.1 Å². The second-order valence-electron chi connectivity index (χ2n) is 7.66. The first kappa shape index (κ1) is 21.8. The summed E-state index contributed by atoms with van der Waals surface area (Å²) >= 11 is 0. The Hall–Kier alpha value is -2.85. The molecule has 2 aromatic heterocycles. The van der Waals surface area contributed by atoms with Gasteiger partial charge in [0.2, 0.25) is 0 Å². The third-order valence-corrected chi connectivity index (χ3v) is 7.13. The lowest BCUT2D eigenvalue weighted by molar-refractivity contribution is 0.197. The zero-order valence-corrected chi connectivity index (χ0v) is 18.0. The van der Waals surface area contributed by atoms with E-state index in [1.807, 2.05) is 0 Å². The molecule has 3 aromatic rings. The van der Waals surface area contributed by atoms with Crippen molar-refractivity contribution in [3.05, 3.63) is 36.4 Å².